The minimum absolute atomic E-state index is 0.240. The van der Waals surface area contributed by atoms with Crippen LogP contribution in [0.15, 0.2) is 48.5 Å². The molecule has 0 heterocycles. The fraction of sp³-hybridized carbons (Fsp3) is 0.125. The number of carbonyl (C=O) groups excluding carboxylic acids is 1. The first-order chi connectivity index (χ1) is 10.1. The van der Waals surface area contributed by atoms with Gasteiger partial charge in [0.05, 0.1) is 10.6 Å². The minimum atomic E-state index is -0.330. The zero-order chi connectivity index (χ0) is 15.2. The number of thiocarbonyl (C=S) groups is 1. The van der Waals surface area contributed by atoms with Gasteiger partial charge < -0.3 is 5.32 Å². The second kappa shape index (κ2) is 7.20. The predicted octanol–water partition coefficient (Wildman–Crippen LogP) is 4.03. The molecule has 2 aromatic rings. The lowest BCUT2D eigenvalue weighted by molar-refractivity contribution is 0.0978. The smallest absolute Gasteiger partial charge is 0.258 e. The summed E-state index contributed by atoms with van der Waals surface area (Å²) in [6.07, 6.45) is 0.980. The van der Waals surface area contributed by atoms with Crippen molar-refractivity contribution < 1.29 is 4.79 Å². The highest BCUT2D eigenvalue weighted by molar-refractivity contribution is 7.80. The SMILES string of the molecule is CCc1ccc(NC(=S)NC(=O)c2ccccc2Cl)cc1. The van der Waals surface area contributed by atoms with Crippen LogP contribution in [0.5, 0.6) is 0 Å². The van der Waals surface area contributed by atoms with Crippen LogP contribution in [-0.4, -0.2) is 11.0 Å². The molecule has 5 heteroatoms. The third kappa shape index (κ3) is 4.28. The highest BCUT2D eigenvalue weighted by Crippen LogP contribution is 2.15. The van der Waals surface area contributed by atoms with Crippen LogP contribution in [0.4, 0.5) is 5.69 Å². The summed E-state index contributed by atoms with van der Waals surface area (Å²) in [6.45, 7) is 2.09. The summed E-state index contributed by atoms with van der Waals surface area (Å²) in [6, 6.07) is 14.7. The first kappa shape index (κ1) is 15.5. The summed E-state index contributed by atoms with van der Waals surface area (Å²) >= 11 is 11.1. The maximum atomic E-state index is 12.0. The van der Waals surface area contributed by atoms with Gasteiger partial charge in [0.15, 0.2) is 5.11 Å². The zero-order valence-electron chi connectivity index (χ0n) is 11.5. The number of benzene rings is 2. The molecule has 1 amide bonds. The fourth-order valence-corrected chi connectivity index (χ4v) is 2.23. The van der Waals surface area contributed by atoms with Crippen LogP contribution in [0.25, 0.3) is 0 Å². The number of anilines is 1. The summed E-state index contributed by atoms with van der Waals surface area (Å²) in [4.78, 5) is 12.0. The summed E-state index contributed by atoms with van der Waals surface area (Å²) in [5.74, 6) is -0.330. The van der Waals surface area contributed by atoms with Crippen molar-refractivity contribution in [2.24, 2.45) is 0 Å². The summed E-state index contributed by atoms with van der Waals surface area (Å²) in [7, 11) is 0. The van der Waals surface area contributed by atoms with Crippen LogP contribution in [0, 0.1) is 0 Å². The quantitative estimate of drug-likeness (QED) is 0.840. The molecule has 0 fully saturated rings. The van der Waals surface area contributed by atoms with E-state index >= 15 is 0 Å². The average Bonchev–Trinajstić information content (AvgIpc) is 2.48. The van der Waals surface area contributed by atoms with Crippen molar-refractivity contribution >= 4 is 40.5 Å². The van der Waals surface area contributed by atoms with Crippen LogP contribution in [0.2, 0.25) is 5.02 Å². The Balaban J connectivity index is 1.98. The predicted molar refractivity (Wildman–Crippen MR) is 91.0 cm³/mol. The van der Waals surface area contributed by atoms with Crippen molar-refractivity contribution in [1.29, 1.82) is 0 Å². The molecule has 2 N–H and O–H groups in total. The number of hydrogen-bond donors (Lipinski definition) is 2. The van der Waals surface area contributed by atoms with E-state index in [2.05, 4.69) is 17.6 Å². The number of halogens is 1. The van der Waals surface area contributed by atoms with E-state index in [1.807, 2.05) is 24.3 Å². The molecule has 0 atom stereocenters. The molecule has 0 radical (unpaired) electrons. The number of amides is 1. The molecular formula is C16H15ClN2OS. The molecule has 3 nitrogen and oxygen atoms in total. The molecule has 0 saturated heterocycles. The third-order valence-corrected chi connectivity index (χ3v) is 3.50. The van der Waals surface area contributed by atoms with Gasteiger partial charge in [-0.3, -0.25) is 10.1 Å². The second-order valence-electron chi connectivity index (χ2n) is 4.44. The van der Waals surface area contributed by atoms with Crippen molar-refractivity contribution in [3.05, 3.63) is 64.7 Å². The standard InChI is InChI=1S/C16H15ClN2OS/c1-2-11-7-9-12(10-8-11)18-16(21)19-15(20)13-5-3-4-6-14(13)17/h3-10H,2H2,1H3,(H2,18,19,20,21). The molecule has 21 heavy (non-hydrogen) atoms. The summed E-state index contributed by atoms with van der Waals surface area (Å²) in [5.41, 5.74) is 2.47. The minimum Gasteiger partial charge on any atom is -0.332 e. The van der Waals surface area contributed by atoms with E-state index in [1.54, 1.807) is 24.3 Å². The number of aryl methyl sites for hydroxylation is 1. The Morgan fingerprint density at radius 2 is 1.81 bits per heavy atom. The van der Waals surface area contributed by atoms with E-state index in [9.17, 15) is 4.79 Å². The molecule has 0 aliphatic rings. The Hall–Kier alpha value is -1.91. The summed E-state index contributed by atoms with van der Waals surface area (Å²) in [5, 5.41) is 6.21. The normalized spacial score (nSPS) is 10.0. The van der Waals surface area contributed by atoms with E-state index in [0.717, 1.165) is 12.1 Å². The molecule has 2 rings (SSSR count). The van der Waals surface area contributed by atoms with Gasteiger partial charge >= 0.3 is 0 Å². The van der Waals surface area contributed by atoms with Gasteiger partial charge in [0.25, 0.3) is 5.91 Å². The highest BCUT2D eigenvalue weighted by Gasteiger charge is 2.11. The molecule has 0 aliphatic carbocycles. The molecule has 0 aromatic heterocycles. The monoisotopic (exact) mass is 318 g/mol. The molecule has 0 unspecified atom stereocenters. The van der Waals surface area contributed by atoms with Crippen LogP contribution >= 0.6 is 23.8 Å². The van der Waals surface area contributed by atoms with Crippen molar-refractivity contribution in [2.75, 3.05) is 5.32 Å². The zero-order valence-corrected chi connectivity index (χ0v) is 13.1. The Bertz CT molecular complexity index is 656. The Morgan fingerprint density at radius 3 is 2.43 bits per heavy atom. The number of nitrogens with one attached hydrogen (secondary N) is 2. The van der Waals surface area contributed by atoms with Crippen molar-refractivity contribution in [1.82, 2.24) is 5.32 Å². The lowest BCUT2D eigenvalue weighted by Gasteiger charge is -2.10. The second-order valence-corrected chi connectivity index (χ2v) is 5.25. The van der Waals surface area contributed by atoms with Gasteiger partial charge in [0, 0.05) is 5.69 Å². The lowest BCUT2D eigenvalue weighted by Crippen LogP contribution is -2.34. The Labute approximate surface area is 134 Å². The number of rotatable bonds is 3. The van der Waals surface area contributed by atoms with Crippen LogP contribution in [0.3, 0.4) is 0 Å². The summed E-state index contributed by atoms with van der Waals surface area (Å²) < 4.78 is 0. The van der Waals surface area contributed by atoms with Crippen LogP contribution in [0.1, 0.15) is 22.8 Å². The largest absolute Gasteiger partial charge is 0.332 e. The van der Waals surface area contributed by atoms with Crippen LogP contribution in [-0.2, 0) is 6.42 Å². The van der Waals surface area contributed by atoms with Gasteiger partial charge in [-0.15, -0.1) is 0 Å². The van der Waals surface area contributed by atoms with E-state index in [0.29, 0.717) is 10.6 Å². The molecule has 0 saturated carbocycles. The van der Waals surface area contributed by atoms with E-state index in [4.69, 9.17) is 23.8 Å². The van der Waals surface area contributed by atoms with Gasteiger partial charge in [-0.05, 0) is 48.5 Å². The van der Waals surface area contributed by atoms with Gasteiger partial charge in [-0.1, -0.05) is 42.8 Å². The molecule has 2 aromatic carbocycles. The first-order valence-corrected chi connectivity index (χ1v) is 7.34. The fourth-order valence-electron chi connectivity index (χ4n) is 1.80. The first-order valence-electron chi connectivity index (χ1n) is 6.56. The lowest BCUT2D eigenvalue weighted by atomic mass is 10.1. The third-order valence-electron chi connectivity index (χ3n) is 2.97. The number of hydrogen-bond acceptors (Lipinski definition) is 2. The van der Waals surface area contributed by atoms with Gasteiger partial charge in [-0.2, -0.15) is 0 Å². The molecule has 108 valence electrons. The van der Waals surface area contributed by atoms with Gasteiger partial charge in [0.1, 0.15) is 0 Å². The Kier molecular flexibility index (Phi) is 5.31. The Morgan fingerprint density at radius 1 is 1.14 bits per heavy atom. The van der Waals surface area contributed by atoms with E-state index in [-0.39, 0.29) is 11.0 Å². The highest BCUT2D eigenvalue weighted by atomic mass is 35.5. The maximum Gasteiger partial charge on any atom is 0.258 e. The van der Waals surface area contributed by atoms with Gasteiger partial charge in [-0.25, -0.2) is 0 Å². The van der Waals surface area contributed by atoms with Crippen molar-refractivity contribution in [2.45, 2.75) is 13.3 Å². The van der Waals surface area contributed by atoms with E-state index < -0.39 is 0 Å². The number of carbonyl (C=O) groups is 1. The van der Waals surface area contributed by atoms with Crippen molar-refractivity contribution in [3.8, 4) is 0 Å². The topological polar surface area (TPSA) is 41.1 Å². The molecular weight excluding hydrogens is 304 g/mol. The molecule has 0 aliphatic heterocycles. The van der Waals surface area contributed by atoms with Crippen LogP contribution < -0.4 is 10.6 Å². The van der Waals surface area contributed by atoms with E-state index in [1.165, 1.54) is 5.56 Å². The average molecular weight is 319 g/mol. The molecule has 0 spiro atoms. The molecule has 0 bridgehead atoms. The van der Waals surface area contributed by atoms with Crippen molar-refractivity contribution in [3.63, 3.8) is 0 Å². The maximum absolute atomic E-state index is 12.0. The van der Waals surface area contributed by atoms with Gasteiger partial charge in [0.2, 0.25) is 0 Å².